The van der Waals surface area contributed by atoms with Gasteiger partial charge in [-0.15, -0.1) is 0 Å². The molecule has 0 spiro atoms. The summed E-state index contributed by atoms with van der Waals surface area (Å²) >= 11 is 2.82. The van der Waals surface area contributed by atoms with E-state index in [1.165, 1.54) is 6.92 Å². The Bertz CT molecular complexity index is 172. The molecule has 0 aliphatic rings. The van der Waals surface area contributed by atoms with Crippen LogP contribution in [-0.2, 0) is 9.84 Å². The molecule has 0 aromatic heterocycles. The molecule has 3 nitrogen and oxygen atoms in total. The summed E-state index contributed by atoms with van der Waals surface area (Å²) in [5, 5.41) is 8.73. The average molecular weight is 217 g/mol. The lowest BCUT2D eigenvalue weighted by atomic mass is 10.5. The molecule has 56 valence electrons. The number of halogens is 1. The van der Waals surface area contributed by atoms with E-state index in [0.717, 1.165) is 6.26 Å². The highest BCUT2D eigenvalue weighted by Gasteiger charge is 2.21. The van der Waals surface area contributed by atoms with E-state index in [0.29, 0.717) is 0 Å². The number of hydrogen-bond acceptors (Lipinski definition) is 3. The minimum Gasteiger partial charge on any atom is -0.391 e. The second-order valence-electron chi connectivity index (χ2n) is 1.92. The number of hydrogen-bond donors (Lipinski definition) is 1. The van der Waals surface area contributed by atoms with Crippen LogP contribution in [0.1, 0.15) is 6.92 Å². The van der Waals surface area contributed by atoms with E-state index < -0.39 is 20.1 Å². The van der Waals surface area contributed by atoms with Crippen LogP contribution < -0.4 is 0 Å². The Hall–Kier alpha value is 0.390. The molecule has 1 N–H and O–H groups in total. The van der Waals surface area contributed by atoms with E-state index in [1.54, 1.807) is 0 Å². The van der Waals surface area contributed by atoms with Gasteiger partial charge in [0, 0.05) is 6.26 Å². The van der Waals surface area contributed by atoms with Crippen LogP contribution in [0.25, 0.3) is 0 Å². The van der Waals surface area contributed by atoms with Crippen LogP contribution in [0, 0.1) is 0 Å². The molecule has 2 atom stereocenters. The van der Waals surface area contributed by atoms with E-state index in [2.05, 4.69) is 15.9 Å². The molecule has 0 amide bonds. The minimum absolute atomic E-state index is 0.843. The van der Waals surface area contributed by atoms with Crippen molar-refractivity contribution in [3.63, 3.8) is 0 Å². The van der Waals surface area contributed by atoms with E-state index in [9.17, 15) is 8.42 Å². The quantitative estimate of drug-likeness (QED) is 0.669. The Balaban J connectivity index is 4.24. The van der Waals surface area contributed by atoms with Gasteiger partial charge in [0.15, 0.2) is 9.84 Å². The van der Waals surface area contributed by atoms with Crippen molar-refractivity contribution in [3.8, 4) is 0 Å². The summed E-state index contributed by atoms with van der Waals surface area (Å²) in [5.74, 6) is 0. The van der Waals surface area contributed by atoms with Gasteiger partial charge in [-0.2, -0.15) is 0 Å². The van der Waals surface area contributed by atoms with Crippen molar-refractivity contribution in [1.29, 1.82) is 0 Å². The normalized spacial score (nSPS) is 19.1. The van der Waals surface area contributed by atoms with Crippen LogP contribution in [0.3, 0.4) is 0 Å². The first kappa shape index (κ1) is 9.39. The van der Waals surface area contributed by atoms with E-state index in [1.807, 2.05) is 0 Å². The van der Waals surface area contributed by atoms with Crippen molar-refractivity contribution in [3.05, 3.63) is 0 Å². The summed E-state index contributed by atoms with van der Waals surface area (Å²) in [6, 6.07) is 0. The maximum Gasteiger partial charge on any atom is 0.162 e. The average Bonchev–Trinajstić information content (AvgIpc) is 1.62. The monoisotopic (exact) mass is 216 g/mol. The van der Waals surface area contributed by atoms with Crippen LogP contribution in [0.5, 0.6) is 0 Å². The molecular weight excluding hydrogens is 208 g/mol. The summed E-state index contributed by atoms with van der Waals surface area (Å²) < 4.78 is 20.3. The molecule has 0 fully saturated rings. The molecule has 0 saturated carbocycles. The van der Waals surface area contributed by atoms with Gasteiger partial charge in [-0.25, -0.2) is 8.42 Å². The fraction of sp³-hybridized carbons (Fsp3) is 1.00. The summed E-state index contributed by atoms with van der Waals surface area (Å²) in [6.07, 6.45) is 0.207. The Morgan fingerprint density at radius 2 is 1.89 bits per heavy atom. The zero-order chi connectivity index (χ0) is 7.65. The molecule has 0 bridgehead atoms. The van der Waals surface area contributed by atoms with Crippen LogP contribution in [0.4, 0.5) is 0 Å². The molecule has 0 rings (SSSR count). The lowest BCUT2D eigenvalue weighted by Crippen LogP contribution is -2.24. The summed E-state index contributed by atoms with van der Waals surface area (Å²) in [6.45, 7) is 1.42. The fourth-order valence-corrected chi connectivity index (χ4v) is 1.07. The first-order chi connectivity index (χ1) is 3.85. The largest absolute Gasteiger partial charge is 0.391 e. The summed E-state index contributed by atoms with van der Waals surface area (Å²) in [7, 11) is -3.14. The van der Waals surface area contributed by atoms with E-state index in [-0.39, 0.29) is 0 Å². The Morgan fingerprint density at radius 3 is 1.89 bits per heavy atom. The van der Waals surface area contributed by atoms with Gasteiger partial charge in [-0.3, -0.25) is 0 Å². The third-order valence-corrected chi connectivity index (χ3v) is 4.80. The van der Waals surface area contributed by atoms with Gasteiger partial charge in [0.25, 0.3) is 0 Å². The van der Waals surface area contributed by atoms with Crippen LogP contribution in [0.2, 0.25) is 0 Å². The first-order valence-corrected chi connectivity index (χ1v) is 5.23. The molecule has 0 aliphatic carbocycles. The Morgan fingerprint density at radius 1 is 1.56 bits per heavy atom. The van der Waals surface area contributed by atoms with Gasteiger partial charge in [0.2, 0.25) is 0 Å². The van der Waals surface area contributed by atoms with Crippen molar-refractivity contribution in [2.24, 2.45) is 0 Å². The van der Waals surface area contributed by atoms with E-state index >= 15 is 0 Å². The first-order valence-electron chi connectivity index (χ1n) is 2.36. The molecule has 0 radical (unpaired) electrons. The van der Waals surface area contributed by atoms with Crippen LogP contribution in [-0.4, -0.2) is 30.0 Å². The topological polar surface area (TPSA) is 54.4 Å². The van der Waals surface area contributed by atoms with Crippen molar-refractivity contribution in [2.75, 3.05) is 6.26 Å². The maximum absolute atomic E-state index is 10.6. The molecule has 0 aromatic carbocycles. The summed E-state index contributed by atoms with van der Waals surface area (Å²) in [5.41, 5.74) is 0. The van der Waals surface area contributed by atoms with Gasteiger partial charge in [-0.1, -0.05) is 15.9 Å². The standard InChI is InChI=1S/C4H9BrO3S/c1-3(6)4(5)9(2,7)8/h3-4,6H,1-2H3/t3-,4+/m1/s1. The zero-order valence-electron chi connectivity index (χ0n) is 5.20. The molecule has 0 aliphatic heterocycles. The minimum atomic E-state index is -3.14. The molecule has 0 saturated heterocycles. The van der Waals surface area contributed by atoms with Crippen LogP contribution in [0.15, 0.2) is 0 Å². The predicted octanol–water partition coefficient (Wildman–Crippen LogP) is 0.133. The van der Waals surface area contributed by atoms with Gasteiger partial charge >= 0.3 is 0 Å². The summed E-state index contributed by atoms with van der Waals surface area (Å²) in [4.78, 5) is 0. The molecule has 5 heteroatoms. The van der Waals surface area contributed by atoms with Gasteiger partial charge < -0.3 is 5.11 Å². The zero-order valence-corrected chi connectivity index (χ0v) is 7.61. The smallest absolute Gasteiger partial charge is 0.162 e. The fourth-order valence-electron chi connectivity index (χ4n) is 0.358. The van der Waals surface area contributed by atoms with Crippen LogP contribution >= 0.6 is 15.9 Å². The Kier molecular flexibility index (Phi) is 3.11. The van der Waals surface area contributed by atoms with Crippen molar-refractivity contribution in [2.45, 2.75) is 17.2 Å². The predicted molar refractivity (Wildman–Crippen MR) is 39.2 cm³/mol. The molecule has 0 unspecified atom stereocenters. The lowest BCUT2D eigenvalue weighted by molar-refractivity contribution is 0.212. The maximum atomic E-state index is 10.6. The Labute approximate surface area is 63.1 Å². The number of aliphatic hydroxyl groups is 1. The number of sulfone groups is 1. The number of rotatable bonds is 2. The number of alkyl halides is 1. The molecule has 0 heterocycles. The third kappa shape index (κ3) is 3.17. The lowest BCUT2D eigenvalue weighted by Gasteiger charge is -2.08. The highest BCUT2D eigenvalue weighted by molar-refractivity contribution is 9.11. The SMILES string of the molecule is C[C@@H](O)[C@@H](Br)S(C)(=O)=O. The van der Waals surface area contributed by atoms with Crippen molar-refractivity contribution >= 4 is 25.8 Å². The van der Waals surface area contributed by atoms with Gasteiger partial charge in [0.05, 0.1) is 6.10 Å². The molecule has 0 aromatic rings. The van der Waals surface area contributed by atoms with Crippen molar-refractivity contribution in [1.82, 2.24) is 0 Å². The van der Waals surface area contributed by atoms with E-state index in [4.69, 9.17) is 5.11 Å². The molecule has 9 heavy (non-hydrogen) atoms. The highest BCUT2D eigenvalue weighted by Crippen LogP contribution is 2.11. The highest BCUT2D eigenvalue weighted by atomic mass is 79.9. The van der Waals surface area contributed by atoms with Crippen molar-refractivity contribution < 1.29 is 13.5 Å². The third-order valence-electron chi connectivity index (χ3n) is 0.788. The van der Waals surface area contributed by atoms with Gasteiger partial charge in [-0.05, 0) is 6.92 Å². The molecular formula is C4H9BrO3S. The number of aliphatic hydroxyl groups excluding tert-OH is 1. The second-order valence-corrected chi connectivity index (χ2v) is 5.68. The van der Waals surface area contributed by atoms with Gasteiger partial charge in [0.1, 0.15) is 4.16 Å². The second kappa shape index (κ2) is 2.98.